The standard InChI is InChI=1S/C12H14O4/c1-8(12(13)14)7-9-5-4-6-10(15-2)11(9)16-3/h4-7H,1-3H3,(H,13,14). The summed E-state index contributed by atoms with van der Waals surface area (Å²) >= 11 is 0. The molecule has 1 rings (SSSR count). The van der Waals surface area contributed by atoms with Crippen molar-refractivity contribution >= 4 is 12.0 Å². The molecule has 0 aliphatic rings. The average Bonchev–Trinajstić information content (AvgIpc) is 2.28. The summed E-state index contributed by atoms with van der Waals surface area (Å²) in [6, 6.07) is 5.31. The van der Waals surface area contributed by atoms with Crippen LogP contribution in [0, 0.1) is 0 Å². The van der Waals surface area contributed by atoms with Crippen molar-refractivity contribution in [3.8, 4) is 11.5 Å². The first kappa shape index (κ1) is 12.1. The first-order chi connectivity index (χ1) is 7.60. The first-order valence-corrected chi connectivity index (χ1v) is 4.72. The van der Waals surface area contributed by atoms with E-state index in [0.29, 0.717) is 17.1 Å². The number of rotatable bonds is 4. The number of ether oxygens (including phenoxy) is 2. The fourth-order valence-electron chi connectivity index (χ4n) is 1.32. The zero-order valence-electron chi connectivity index (χ0n) is 9.48. The maximum absolute atomic E-state index is 10.7. The van der Waals surface area contributed by atoms with Crippen molar-refractivity contribution in [1.29, 1.82) is 0 Å². The second-order valence-corrected chi connectivity index (χ2v) is 3.22. The van der Waals surface area contributed by atoms with Crippen molar-refractivity contribution in [3.63, 3.8) is 0 Å². The minimum absolute atomic E-state index is 0.242. The molecule has 4 nitrogen and oxygen atoms in total. The number of benzene rings is 1. The summed E-state index contributed by atoms with van der Waals surface area (Å²) in [7, 11) is 3.06. The van der Waals surface area contributed by atoms with Gasteiger partial charge in [0.05, 0.1) is 14.2 Å². The normalized spacial score (nSPS) is 11.1. The topological polar surface area (TPSA) is 55.8 Å². The Kier molecular flexibility index (Phi) is 3.94. The van der Waals surface area contributed by atoms with E-state index in [1.165, 1.54) is 21.1 Å². The Bertz CT molecular complexity index is 421. The Morgan fingerprint density at radius 1 is 1.31 bits per heavy atom. The fourth-order valence-corrected chi connectivity index (χ4v) is 1.32. The van der Waals surface area contributed by atoms with Gasteiger partial charge in [-0.25, -0.2) is 4.79 Å². The summed E-state index contributed by atoms with van der Waals surface area (Å²) in [5.74, 6) is 0.157. The number of hydrogen-bond acceptors (Lipinski definition) is 3. The van der Waals surface area contributed by atoms with Crippen molar-refractivity contribution in [1.82, 2.24) is 0 Å². The molecule has 0 heterocycles. The predicted octanol–water partition coefficient (Wildman–Crippen LogP) is 2.19. The summed E-state index contributed by atoms with van der Waals surface area (Å²) in [5, 5.41) is 8.79. The SMILES string of the molecule is COc1cccc(C=C(C)C(=O)O)c1OC. The van der Waals surface area contributed by atoms with E-state index in [1.54, 1.807) is 24.3 Å². The second kappa shape index (κ2) is 5.21. The van der Waals surface area contributed by atoms with Crippen molar-refractivity contribution in [2.24, 2.45) is 0 Å². The van der Waals surface area contributed by atoms with E-state index in [9.17, 15) is 4.79 Å². The van der Waals surface area contributed by atoms with E-state index < -0.39 is 5.97 Å². The molecule has 0 bridgehead atoms. The van der Waals surface area contributed by atoms with Gasteiger partial charge < -0.3 is 14.6 Å². The van der Waals surface area contributed by atoms with E-state index >= 15 is 0 Å². The van der Waals surface area contributed by atoms with Gasteiger partial charge in [0.1, 0.15) is 0 Å². The Hall–Kier alpha value is -1.97. The minimum atomic E-state index is -0.954. The molecular formula is C12H14O4. The Morgan fingerprint density at radius 2 is 2.00 bits per heavy atom. The monoisotopic (exact) mass is 222 g/mol. The smallest absolute Gasteiger partial charge is 0.331 e. The third-order valence-corrected chi connectivity index (χ3v) is 2.14. The van der Waals surface area contributed by atoms with Crippen LogP contribution in [0.25, 0.3) is 6.08 Å². The number of hydrogen-bond donors (Lipinski definition) is 1. The van der Waals surface area contributed by atoms with Crippen molar-refractivity contribution in [3.05, 3.63) is 29.3 Å². The molecule has 4 heteroatoms. The maximum Gasteiger partial charge on any atom is 0.331 e. The fraction of sp³-hybridized carbons (Fsp3) is 0.250. The molecular weight excluding hydrogens is 208 g/mol. The van der Waals surface area contributed by atoms with Crippen LogP contribution in [0.15, 0.2) is 23.8 Å². The van der Waals surface area contributed by atoms with Crippen LogP contribution in [0.2, 0.25) is 0 Å². The van der Waals surface area contributed by atoms with Crippen molar-refractivity contribution < 1.29 is 19.4 Å². The Labute approximate surface area is 94.1 Å². The van der Waals surface area contributed by atoms with Gasteiger partial charge in [0.15, 0.2) is 11.5 Å². The summed E-state index contributed by atoms with van der Waals surface area (Å²) < 4.78 is 10.3. The van der Waals surface area contributed by atoms with E-state index in [1.807, 2.05) is 0 Å². The molecule has 1 aromatic carbocycles. The molecule has 0 aliphatic carbocycles. The van der Waals surface area contributed by atoms with Gasteiger partial charge in [0, 0.05) is 11.1 Å². The van der Waals surface area contributed by atoms with Gasteiger partial charge in [0.2, 0.25) is 0 Å². The predicted molar refractivity (Wildman–Crippen MR) is 60.8 cm³/mol. The number of carboxylic acids is 1. The van der Waals surface area contributed by atoms with Crippen LogP contribution in [0.4, 0.5) is 0 Å². The average molecular weight is 222 g/mol. The largest absolute Gasteiger partial charge is 0.493 e. The molecule has 1 N–H and O–H groups in total. The molecule has 0 aliphatic heterocycles. The molecule has 0 aromatic heterocycles. The summed E-state index contributed by atoms with van der Waals surface area (Å²) in [5.41, 5.74) is 0.924. The molecule has 16 heavy (non-hydrogen) atoms. The molecule has 0 amide bonds. The number of methoxy groups -OCH3 is 2. The van der Waals surface area contributed by atoms with Crippen LogP contribution >= 0.6 is 0 Å². The van der Waals surface area contributed by atoms with Crippen LogP contribution in [0.5, 0.6) is 11.5 Å². The molecule has 0 unspecified atom stereocenters. The van der Waals surface area contributed by atoms with Crippen molar-refractivity contribution in [2.75, 3.05) is 14.2 Å². The second-order valence-electron chi connectivity index (χ2n) is 3.22. The van der Waals surface area contributed by atoms with Crippen molar-refractivity contribution in [2.45, 2.75) is 6.92 Å². The van der Waals surface area contributed by atoms with Gasteiger partial charge in [-0.3, -0.25) is 0 Å². The number of aliphatic carboxylic acids is 1. The Balaban J connectivity index is 3.23. The van der Waals surface area contributed by atoms with Gasteiger partial charge in [-0.05, 0) is 19.1 Å². The highest BCUT2D eigenvalue weighted by atomic mass is 16.5. The summed E-state index contributed by atoms with van der Waals surface area (Å²) in [6.45, 7) is 1.53. The van der Waals surface area contributed by atoms with Crippen LogP contribution < -0.4 is 9.47 Å². The maximum atomic E-state index is 10.7. The van der Waals surface area contributed by atoms with Crippen LogP contribution in [0.3, 0.4) is 0 Å². The molecule has 86 valence electrons. The lowest BCUT2D eigenvalue weighted by molar-refractivity contribution is -0.132. The quantitative estimate of drug-likeness (QED) is 0.793. The van der Waals surface area contributed by atoms with Crippen LogP contribution in [0.1, 0.15) is 12.5 Å². The Morgan fingerprint density at radius 3 is 2.50 bits per heavy atom. The highest BCUT2D eigenvalue weighted by molar-refractivity contribution is 5.92. The van der Waals surface area contributed by atoms with E-state index in [4.69, 9.17) is 14.6 Å². The van der Waals surface area contributed by atoms with Gasteiger partial charge in [-0.2, -0.15) is 0 Å². The van der Waals surface area contributed by atoms with Gasteiger partial charge in [-0.15, -0.1) is 0 Å². The molecule has 0 fully saturated rings. The van der Waals surface area contributed by atoms with Gasteiger partial charge in [0.25, 0.3) is 0 Å². The molecule has 0 saturated heterocycles. The number of para-hydroxylation sites is 1. The van der Waals surface area contributed by atoms with Gasteiger partial charge in [-0.1, -0.05) is 12.1 Å². The highest BCUT2D eigenvalue weighted by Crippen LogP contribution is 2.31. The first-order valence-electron chi connectivity index (χ1n) is 4.72. The summed E-state index contributed by atoms with van der Waals surface area (Å²) in [6.07, 6.45) is 1.55. The van der Waals surface area contributed by atoms with Crippen LogP contribution in [-0.4, -0.2) is 25.3 Å². The van der Waals surface area contributed by atoms with Crippen LogP contribution in [-0.2, 0) is 4.79 Å². The minimum Gasteiger partial charge on any atom is -0.493 e. The molecule has 0 atom stereocenters. The number of carbonyl (C=O) groups is 1. The van der Waals surface area contributed by atoms with E-state index in [0.717, 1.165) is 0 Å². The zero-order valence-corrected chi connectivity index (χ0v) is 9.48. The zero-order chi connectivity index (χ0) is 12.1. The third-order valence-electron chi connectivity index (χ3n) is 2.14. The van der Waals surface area contributed by atoms with E-state index in [2.05, 4.69) is 0 Å². The molecule has 0 saturated carbocycles. The molecule has 0 spiro atoms. The highest BCUT2D eigenvalue weighted by Gasteiger charge is 2.09. The van der Waals surface area contributed by atoms with E-state index in [-0.39, 0.29) is 5.57 Å². The van der Waals surface area contributed by atoms with Gasteiger partial charge >= 0.3 is 5.97 Å². The summed E-state index contributed by atoms with van der Waals surface area (Å²) in [4.78, 5) is 10.7. The lowest BCUT2D eigenvalue weighted by Crippen LogP contribution is -1.97. The lowest BCUT2D eigenvalue weighted by Gasteiger charge is -2.10. The lowest BCUT2D eigenvalue weighted by atomic mass is 10.1. The molecule has 1 aromatic rings. The molecule has 0 radical (unpaired) electrons. The third kappa shape index (κ3) is 2.53. The number of carboxylic acid groups (broad SMARTS) is 1.